The highest BCUT2D eigenvalue weighted by atomic mass is 35.5. The van der Waals surface area contributed by atoms with E-state index in [1.807, 2.05) is 6.07 Å². The number of piperazine rings is 1. The molecule has 0 spiro atoms. The molecule has 112 valence electrons. The summed E-state index contributed by atoms with van der Waals surface area (Å²) < 4.78 is 0. The third-order valence-corrected chi connectivity index (χ3v) is 4.04. The fourth-order valence-corrected chi connectivity index (χ4v) is 2.52. The van der Waals surface area contributed by atoms with Crippen LogP contribution in [-0.4, -0.2) is 68.1 Å². The Labute approximate surface area is 126 Å². The van der Waals surface area contributed by atoms with Gasteiger partial charge in [-0.05, 0) is 25.7 Å². The van der Waals surface area contributed by atoms with Crippen molar-refractivity contribution < 1.29 is 0 Å². The van der Waals surface area contributed by atoms with Crippen LogP contribution in [0, 0.1) is 0 Å². The van der Waals surface area contributed by atoms with Gasteiger partial charge in [-0.3, -0.25) is 4.90 Å². The maximum absolute atomic E-state index is 6.06. The van der Waals surface area contributed by atoms with Gasteiger partial charge in [-0.25, -0.2) is 4.98 Å². The van der Waals surface area contributed by atoms with Crippen LogP contribution in [0.3, 0.4) is 0 Å². The third kappa shape index (κ3) is 4.06. The van der Waals surface area contributed by atoms with Gasteiger partial charge in [-0.2, -0.15) is 0 Å². The van der Waals surface area contributed by atoms with Crippen LogP contribution in [-0.2, 0) is 6.54 Å². The zero-order valence-electron chi connectivity index (χ0n) is 12.3. The van der Waals surface area contributed by atoms with Gasteiger partial charge in [0.2, 0.25) is 0 Å². The van der Waals surface area contributed by atoms with Crippen LogP contribution in [0.5, 0.6) is 0 Å². The second-order valence-corrected chi connectivity index (χ2v) is 5.88. The van der Waals surface area contributed by atoms with Crippen LogP contribution >= 0.6 is 11.6 Å². The molecule has 2 N–H and O–H groups in total. The van der Waals surface area contributed by atoms with E-state index in [1.165, 1.54) is 0 Å². The van der Waals surface area contributed by atoms with E-state index in [-0.39, 0.29) is 0 Å². The van der Waals surface area contributed by atoms with Crippen molar-refractivity contribution in [2.75, 3.05) is 58.3 Å². The first-order valence-corrected chi connectivity index (χ1v) is 7.44. The van der Waals surface area contributed by atoms with Crippen molar-refractivity contribution in [1.29, 1.82) is 0 Å². The van der Waals surface area contributed by atoms with E-state index in [1.54, 1.807) is 6.20 Å². The Hall–Kier alpha value is -0.880. The Balaban J connectivity index is 1.90. The average Bonchev–Trinajstić information content (AvgIpc) is 2.46. The summed E-state index contributed by atoms with van der Waals surface area (Å²) >= 11 is 6.06. The molecule has 1 fully saturated rings. The Kier molecular flexibility index (Phi) is 5.60. The maximum Gasteiger partial charge on any atom is 0.128 e. The van der Waals surface area contributed by atoms with E-state index in [4.69, 9.17) is 17.3 Å². The second kappa shape index (κ2) is 7.22. The molecule has 0 aromatic carbocycles. The fraction of sp³-hybridized carbons (Fsp3) is 0.643. The van der Waals surface area contributed by atoms with Crippen molar-refractivity contribution >= 4 is 17.4 Å². The molecule has 1 aromatic rings. The number of hydrogen-bond acceptors (Lipinski definition) is 5. The lowest BCUT2D eigenvalue weighted by molar-refractivity contribution is 0.229. The first-order chi connectivity index (χ1) is 9.60. The molecule has 1 aliphatic rings. The van der Waals surface area contributed by atoms with Crippen molar-refractivity contribution in [1.82, 2.24) is 14.8 Å². The number of aromatic nitrogens is 1. The second-order valence-electron chi connectivity index (χ2n) is 5.47. The number of halogens is 1. The number of pyridine rings is 1. The predicted octanol–water partition coefficient (Wildman–Crippen LogP) is 0.877. The highest BCUT2D eigenvalue weighted by molar-refractivity contribution is 6.31. The Morgan fingerprint density at radius 1 is 1.30 bits per heavy atom. The van der Waals surface area contributed by atoms with Crippen molar-refractivity contribution in [3.05, 3.63) is 22.8 Å². The molecule has 0 atom stereocenters. The normalized spacial score (nSPS) is 16.9. The van der Waals surface area contributed by atoms with Gasteiger partial charge in [0.25, 0.3) is 0 Å². The molecule has 1 aromatic heterocycles. The largest absolute Gasteiger partial charge is 0.354 e. The smallest absolute Gasteiger partial charge is 0.128 e. The Bertz CT molecular complexity index is 430. The predicted molar refractivity (Wildman–Crippen MR) is 84.3 cm³/mol. The van der Waals surface area contributed by atoms with E-state index in [9.17, 15) is 0 Å². The van der Waals surface area contributed by atoms with Crippen LogP contribution in [0.1, 0.15) is 5.56 Å². The summed E-state index contributed by atoms with van der Waals surface area (Å²) in [5, 5.41) is 0.654. The molecule has 1 aliphatic heterocycles. The standard InChI is InChI=1S/C14H24ClN5/c1-18(2)3-4-19-5-7-20(8-6-19)14-9-12(10-16)13(15)11-17-14/h9,11H,3-8,10,16H2,1-2H3. The SMILES string of the molecule is CN(C)CCN1CCN(c2cc(CN)c(Cl)cn2)CC1. The molecule has 5 nitrogen and oxygen atoms in total. The van der Waals surface area contributed by atoms with Gasteiger partial charge >= 0.3 is 0 Å². The van der Waals surface area contributed by atoms with Crippen LogP contribution in [0.25, 0.3) is 0 Å². The van der Waals surface area contributed by atoms with Crippen molar-refractivity contribution in [2.24, 2.45) is 5.73 Å². The van der Waals surface area contributed by atoms with Gasteiger partial charge in [-0.15, -0.1) is 0 Å². The van der Waals surface area contributed by atoms with Gasteiger partial charge in [-0.1, -0.05) is 11.6 Å². The Morgan fingerprint density at radius 3 is 2.60 bits per heavy atom. The minimum Gasteiger partial charge on any atom is -0.354 e. The third-order valence-electron chi connectivity index (χ3n) is 3.70. The maximum atomic E-state index is 6.06. The topological polar surface area (TPSA) is 48.6 Å². The summed E-state index contributed by atoms with van der Waals surface area (Å²) in [4.78, 5) is 11.4. The fourth-order valence-electron chi connectivity index (χ4n) is 2.34. The monoisotopic (exact) mass is 297 g/mol. The molecule has 2 rings (SSSR count). The molecule has 0 radical (unpaired) electrons. The lowest BCUT2D eigenvalue weighted by Crippen LogP contribution is -2.48. The van der Waals surface area contributed by atoms with E-state index < -0.39 is 0 Å². The van der Waals surface area contributed by atoms with Crippen molar-refractivity contribution in [3.63, 3.8) is 0 Å². The number of anilines is 1. The summed E-state index contributed by atoms with van der Waals surface area (Å²) in [6, 6.07) is 2.01. The molecular formula is C14H24ClN5. The molecule has 0 bridgehead atoms. The van der Waals surface area contributed by atoms with Crippen LogP contribution in [0.4, 0.5) is 5.82 Å². The molecule has 0 unspecified atom stereocenters. The van der Waals surface area contributed by atoms with Crippen LogP contribution < -0.4 is 10.6 Å². The van der Waals surface area contributed by atoms with Gasteiger partial charge < -0.3 is 15.5 Å². The summed E-state index contributed by atoms with van der Waals surface area (Å²) in [7, 11) is 4.23. The van der Waals surface area contributed by atoms with E-state index in [2.05, 4.69) is 33.8 Å². The van der Waals surface area contributed by atoms with Crippen LogP contribution in [0.2, 0.25) is 5.02 Å². The summed E-state index contributed by atoms with van der Waals surface area (Å²) in [5.74, 6) is 0.988. The van der Waals surface area contributed by atoms with Gasteiger partial charge in [0, 0.05) is 52.0 Å². The zero-order chi connectivity index (χ0) is 14.5. The molecule has 2 heterocycles. The molecule has 0 saturated carbocycles. The molecular weight excluding hydrogens is 274 g/mol. The number of nitrogens with two attached hydrogens (primary N) is 1. The first-order valence-electron chi connectivity index (χ1n) is 7.06. The van der Waals surface area contributed by atoms with Gasteiger partial charge in [0.05, 0.1) is 5.02 Å². The lowest BCUT2D eigenvalue weighted by Gasteiger charge is -2.36. The minimum absolute atomic E-state index is 0.456. The van der Waals surface area contributed by atoms with Crippen LogP contribution in [0.15, 0.2) is 12.3 Å². The molecule has 1 saturated heterocycles. The summed E-state index contributed by atoms with van der Waals surface area (Å²) in [6.07, 6.45) is 1.71. The van der Waals surface area contributed by atoms with E-state index >= 15 is 0 Å². The summed E-state index contributed by atoms with van der Waals surface area (Å²) in [5.41, 5.74) is 6.66. The van der Waals surface area contributed by atoms with Gasteiger partial charge in [0.1, 0.15) is 5.82 Å². The first kappa shape index (κ1) is 15.5. The average molecular weight is 298 g/mol. The number of likely N-dealkylation sites (N-methyl/N-ethyl adjacent to an activating group) is 1. The number of rotatable bonds is 5. The lowest BCUT2D eigenvalue weighted by atomic mass is 10.2. The van der Waals surface area contributed by atoms with Gasteiger partial charge in [0.15, 0.2) is 0 Å². The zero-order valence-corrected chi connectivity index (χ0v) is 13.1. The minimum atomic E-state index is 0.456. The quantitative estimate of drug-likeness (QED) is 0.874. The van der Waals surface area contributed by atoms with Crippen molar-refractivity contribution in [2.45, 2.75) is 6.54 Å². The highest BCUT2D eigenvalue weighted by Gasteiger charge is 2.18. The molecule has 0 amide bonds. The van der Waals surface area contributed by atoms with E-state index in [0.717, 1.165) is 50.6 Å². The molecule has 0 aliphatic carbocycles. The Morgan fingerprint density at radius 2 is 2.00 bits per heavy atom. The van der Waals surface area contributed by atoms with E-state index in [0.29, 0.717) is 11.6 Å². The molecule has 6 heteroatoms. The molecule has 20 heavy (non-hydrogen) atoms. The van der Waals surface area contributed by atoms with Crippen molar-refractivity contribution in [3.8, 4) is 0 Å². The number of hydrogen-bond donors (Lipinski definition) is 1. The number of nitrogens with zero attached hydrogens (tertiary/aromatic N) is 4. The highest BCUT2D eigenvalue weighted by Crippen LogP contribution is 2.21. The summed E-state index contributed by atoms with van der Waals surface area (Å²) in [6.45, 7) is 6.86.